The first-order chi connectivity index (χ1) is 17.8. The van der Waals surface area contributed by atoms with Gasteiger partial charge in [0.1, 0.15) is 10.0 Å². The molecule has 0 saturated carbocycles. The van der Waals surface area contributed by atoms with E-state index in [-0.39, 0.29) is 49.0 Å². The first-order valence-electron chi connectivity index (χ1n) is 11.1. The van der Waals surface area contributed by atoms with E-state index in [1.807, 2.05) is 0 Å². The van der Waals surface area contributed by atoms with E-state index in [0.717, 1.165) is 33.8 Å². The molecule has 0 aromatic carbocycles. The Morgan fingerprint density at radius 2 is 1.19 bits per heavy atom. The van der Waals surface area contributed by atoms with Crippen molar-refractivity contribution in [2.75, 3.05) is 22.1 Å². The zero-order chi connectivity index (χ0) is 26.1. The second-order valence-corrected chi connectivity index (χ2v) is 12.3. The zero-order valence-corrected chi connectivity index (χ0v) is 21.9. The molecule has 0 atom stereocenters. The molecule has 0 radical (unpaired) electrons. The summed E-state index contributed by atoms with van der Waals surface area (Å²) in [6.45, 7) is 0. The van der Waals surface area contributed by atoms with Gasteiger partial charge in [-0.2, -0.15) is 0 Å². The van der Waals surface area contributed by atoms with Crippen LogP contribution in [0.4, 0.5) is 10.3 Å². The number of hydrogen-bond acceptors (Lipinski definition) is 12. The zero-order valence-electron chi connectivity index (χ0n) is 19.4. The van der Waals surface area contributed by atoms with Crippen molar-refractivity contribution in [2.24, 2.45) is 0 Å². The number of pyridine rings is 2. The fourth-order valence-corrected chi connectivity index (χ4v) is 6.08. The molecular formula is C22H22N8O4S3. The Balaban J connectivity index is 1.20. The predicted octanol–water partition coefficient (Wildman–Crippen LogP) is 1.74. The molecule has 0 fully saturated rings. The van der Waals surface area contributed by atoms with Crippen LogP contribution in [0.3, 0.4) is 0 Å². The van der Waals surface area contributed by atoms with E-state index in [9.17, 15) is 18.0 Å². The summed E-state index contributed by atoms with van der Waals surface area (Å²) < 4.78 is 25.0. The van der Waals surface area contributed by atoms with Gasteiger partial charge in [0.05, 0.1) is 24.3 Å². The highest BCUT2D eigenvalue weighted by Gasteiger charge is 2.17. The topological polar surface area (TPSA) is 170 Å². The number of aromatic nitrogens is 6. The molecule has 0 bridgehead atoms. The smallest absolute Gasteiger partial charge is 0.230 e. The maximum absolute atomic E-state index is 12.5. The highest BCUT2D eigenvalue weighted by molar-refractivity contribution is 7.91. The van der Waals surface area contributed by atoms with Gasteiger partial charge < -0.3 is 10.6 Å². The van der Waals surface area contributed by atoms with Gasteiger partial charge >= 0.3 is 0 Å². The molecule has 37 heavy (non-hydrogen) atoms. The molecule has 0 aliphatic rings. The minimum atomic E-state index is -3.40. The van der Waals surface area contributed by atoms with Crippen LogP contribution in [0.2, 0.25) is 0 Å². The quantitative estimate of drug-likeness (QED) is 0.261. The first-order valence-corrected chi connectivity index (χ1v) is 14.5. The van der Waals surface area contributed by atoms with Gasteiger partial charge in [0.15, 0.2) is 9.84 Å². The van der Waals surface area contributed by atoms with Gasteiger partial charge in [-0.3, -0.25) is 19.6 Å². The van der Waals surface area contributed by atoms with E-state index in [2.05, 4.69) is 41.0 Å². The third kappa shape index (κ3) is 8.73. The number of anilines is 2. The van der Waals surface area contributed by atoms with Gasteiger partial charge in [0.25, 0.3) is 0 Å². The van der Waals surface area contributed by atoms with Crippen LogP contribution in [0.25, 0.3) is 0 Å². The Bertz CT molecular complexity index is 1340. The van der Waals surface area contributed by atoms with Crippen molar-refractivity contribution in [3.63, 3.8) is 0 Å². The fourth-order valence-electron chi connectivity index (χ4n) is 3.10. The number of sulfone groups is 1. The van der Waals surface area contributed by atoms with Gasteiger partial charge in [-0.15, -0.1) is 20.4 Å². The molecule has 12 nitrogen and oxygen atoms in total. The van der Waals surface area contributed by atoms with Crippen LogP contribution in [0.5, 0.6) is 0 Å². The molecule has 0 unspecified atom stereocenters. The van der Waals surface area contributed by atoms with Gasteiger partial charge in [0, 0.05) is 37.6 Å². The van der Waals surface area contributed by atoms with E-state index >= 15 is 0 Å². The molecule has 4 rings (SSSR count). The molecule has 0 aliphatic heterocycles. The van der Waals surface area contributed by atoms with Crippen LogP contribution in [0.1, 0.15) is 21.1 Å². The summed E-state index contributed by atoms with van der Waals surface area (Å²) in [5.74, 6) is -0.738. The molecule has 2 amide bonds. The average molecular weight is 559 g/mol. The summed E-state index contributed by atoms with van der Waals surface area (Å²) >= 11 is 2.28. The summed E-state index contributed by atoms with van der Waals surface area (Å²) in [4.78, 5) is 32.2. The third-order valence-corrected chi connectivity index (χ3v) is 8.30. The number of rotatable bonds is 12. The summed E-state index contributed by atoms with van der Waals surface area (Å²) in [6.07, 6.45) is 7.15. The molecule has 4 aromatic rings. The second kappa shape index (κ2) is 12.5. The summed E-state index contributed by atoms with van der Waals surface area (Å²) in [6, 6.07) is 7.09. The largest absolute Gasteiger partial charge is 0.300 e. The first kappa shape index (κ1) is 26.4. The van der Waals surface area contributed by atoms with Crippen molar-refractivity contribution in [2.45, 2.75) is 25.7 Å². The van der Waals surface area contributed by atoms with E-state index in [1.54, 1.807) is 49.1 Å². The van der Waals surface area contributed by atoms with E-state index in [0.29, 0.717) is 20.3 Å². The van der Waals surface area contributed by atoms with Crippen LogP contribution in [0, 0.1) is 0 Å². The van der Waals surface area contributed by atoms with Crippen LogP contribution >= 0.6 is 22.7 Å². The van der Waals surface area contributed by atoms with Crippen LogP contribution < -0.4 is 10.6 Å². The number of carbonyl (C=O) groups excluding carboxylic acids is 2. The summed E-state index contributed by atoms with van der Waals surface area (Å²) in [5.41, 5.74) is 1.54. The van der Waals surface area contributed by atoms with Crippen LogP contribution in [-0.2, 0) is 45.1 Å². The molecular weight excluding hydrogens is 536 g/mol. The highest BCUT2D eigenvalue weighted by Crippen LogP contribution is 2.19. The fraction of sp³-hybridized carbons (Fsp3) is 0.273. The molecule has 15 heteroatoms. The Hall–Kier alpha value is -3.69. The Morgan fingerprint density at radius 3 is 1.59 bits per heavy atom. The number of aryl methyl sites for hydroxylation is 2. The van der Waals surface area contributed by atoms with Gasteiger partial charge in [-0.05, 0) is 23.3 Å². The molecule has 192 valence electrons. The Labute approximate surface area is 220 Å². The van der Waals surface area contributed by atoms with Gasteiger partial charge in [-0.25, -0.2) is 8.42 Å². The lowest BCUT2D eigenvalue weighted by atomic mass is 10.2. The predicted molar refractivity (Wildman–Crippen MR) is 139 cm³/mol. The lowest BCUT2D eigenvalue weighted by molar-refractivity contribution is -0.116. The Morgan fingerprint density at radius 1 is 0.730 bits per heavy atom. The highest BCUT2D eigenvalue weighted by atomic mass is 32.2. The second-order valence-electron chi connectivity index (χ2n) is 7.83. The van der Waals surface area contributed by atoms with E-state index < -0.39 is 9.84 Å². The molecule has 0 aliphatic carbocycles. The van der Waals surface area contributed by atoms with Crippen molar-refractivity contribution < 1.29 is 18.0 Å². The maximum Gasteiger partial charge on any atom is 0.230 e. The van der Waals surface area contributed by atoms with Crippen molar-refractivity contribution in [3.8, 4) is 0 Å². The van der Waals surface area contributed by atoms with Crippen molar-refractivity contribution in [3.05, 3.63) is 70.2 Å². The molecule has 4 heterocycles. The number of nitrogens with one attached hydrogen (secondary N) is 2. The number of carbonyl (C=O) groups is 2. The number of nitrogens with zero attached hydrogens (tertiary/aromatic N) is 6. The van der Waals surface area contributed by atoms with Crippen molar-refractivity contribution >= 4 is 54.6 Å². The SMILES string of the molecule is O=C(Cc1cccnc1)Nc1nnc(CCS(=O)(=O)CCc2nnc(NC(=O)Cc3cccnc3)s2)s1. The lowest BCUT2D eigenvalue weighted by Crippen LogP contribution is -2.14. The van der Waals surface area contributed by atoms with Crippen molar-refractivity contribution in [1.29, 1.82) is 0 Å². The standard InChI is InChI=1S/C22H22N8O4S3/c31-17(11-15-3-1-7-23-13-15)25-21-29-27-19(35-21)5-9-37(33,34)10-6-20-28-30-22(36-20)26-18(32)12-16-4-2-8-24-14-16/h1-4,7-8,13-14H,5-6,9-12H2,(H,25,29,31)(H,26,30,32). The molecule has 0 spiro atoms. The number of amides is 2. The maximum atomic E-state index is 12.5. The minimum absolute atomic E-state index is 0.112. The Kier molecular flexibility index (Phi) is 8.92. The van der Waals surface area contributed by atoms with Gasteiger partial charge in [-0.1, -0.05) is 34.8 Å². The monoisotopic (exact) mass is 558 g/mol. The van der Waals surface area contributed by atoms with E-state index in [1.165, 1.54) is 0 Å². The van der Waals surface area contributed by atoms with Crippen LogP contribution in [-0.4, -0.2) is 62.1 Å². The summed E-state index contributed by atoms with van der Waals surface area (Å²) in [7, 11) is -3.40. The van der Waals surface area contributed by atoms with Gasteiger partial charge in [0.2, 0.25) is 22.1 Å². The normalized spacial score (nSPS) is 11.2. The van der Waals surface area contributed by atoms with E-state index in [4.69, 9.17) is 0 Å². The molecule has 0 saturated heterocycles. The minimum Gasteiger partial charge on any atom is -0.300 e. The summed E-state index contributed by atoms with van der Waals surface area (Å²) in [5, 5.41) is 22.8. The average Bonchev–Trinajstić information content (AvgIpc) is 3.52. The number of hydrogen-bond donors (Lipinski definition) is 2. The van der Waals surface area contributed by atoms with Crippen LogP contribution in [0.15, 0.2) is 49.1 Å². The molecule has 4 aromatic heterocycles. The lowest BCUT2D eigenvalue weighted by Gasteiger charge is -2.01. The van der Waals surface area contributed by atoms with Crippen molar-refractivity contribution in [1.82, 2.24) is 30.4 Å². The third-order valence-electron chi connectivity index (χ3n) is 4.86. The molecule has 2 N–H and O–H groups in total.